The average molecular weight is 646 g/mol. The lowest BCUT2D eigenvalue weighted by Crippen LogP contribution is -2.43. The number of halogens is 1. The van der Waals surface area contributed by atoms with Gasteiger partial charge in [0, 0.05) is 42.7 Å². The number of aromatic nitrogens is 4. The van der Waals surface area contributed by atoms with Gasteiger partial charge in [-0.3, -0.25) is 14.4 Å². The van der Waals surface area contributed by atoms with E-state index in [2.05, 4.69) is 33.2 Å². The Morgan fingerprint density at radius 2 is 2.07 bits per heavy atom. The summed E-state index contributed by atoms with van der Waals surface area (Å²) in [5.74, 6) is 1.39. The number of hydrogen-bond acceptors (Lipinski definition) is 8. The zero-order valence-corrected chi connectivity index (χ0v) is 27.9. The predicted octanol–water partition coefficient (Wildman–Crippen LogP) is 5.04. The Bertz CT molecular complexity index is 1680. The summed E-state index contributed by atoms with van der Waals surface area (Å²) in [6, 6.07) is 8.58. The van der Waals surface area contributed by atoms with E-state index in [1.807, 2.05) is 36.7 Å². The van der Waals surface area contributed by atoms with Crippen molar-refractivity contribution in [2.45, 2.75) is 103 Å². The minimum atomic E-state index is -0.450. The van der Waals surface area contributed by atoms with Gasteiger partial charge in [-0.25, -0.2) is 0 Å². The van der Waals surface area contributed by atoms with Crippen LogP contribution in [0.25, 0.3) is 0 Å². The van der Waals surface area contributed by atoms with Gasteiger partial charge in [-0.05, 0) is 88.1 Å². The fourth-order valence-electron chi connectivity index (χ4n) is 8.79. The minimum absolute atomic E-state index is 0.0471. The Morgan fingerprint density at radius 1 is 1.17 bits per heavy atom. The van der Waals surface area contributed by atoms with Gasteiger partial charge in [0.15, 0.2) is 5.69 Å². The summed E-state index contributed by atoms with van der Waals surface area (Å²) < 4.78 is 15.4. The molecule has 8 rings (SSSR count). The smallest absolute Gasteiger partial charge is 0.318 e. The van der Waals surface area contributed by atoms with Gasteiger partial charge in [-0.1, -0.05) is 30.7 Å². The molecule has 2 fully saturated rings. The van der Waals surface area contributed by atoms with Crippen molar-refractivity contribution >= 4 is 23.3 Å². The van der Waals surface area contributed by atoms with E-state index in [1.54, 1.807) is 0 Å². The Hall–Kier alpha value is -3.21. The number of nitrogens with one attached hydrogen (secondary N) is 1. The van der Waals surface area contributed by atoms with Gasteiger partial charge in [0.2, 0.25) is 0 Å². The maximum Gasteiger partial charge on any atom is 0.318 e. The standard InChI is InChI=1S/C35H44ClN7O3/c1-22(2)37-32(44)29-15-24-19-41(12-6-14-43(24)40-29)31-26-20-46-35(11-9-25-27(35)7-4-8-28(25)36)17-30(26)38-33(39-31)45-21-34-10-5-13-42(34)18-23(3)16-34/h4,7-8,15,22-23H,5-6,9-14,16-21H2,1-3H3,(H,37,44)/t23-,34+,35+/m1/s1. The molecule has 1 aliphatic carbocycles. The summed E-state index contributed by atoms with van der Waals surface area (Å²) in [4.78, 5) is 28.0. The van der Waals surface area contributed by atoms with Crippen molar-refractivity contribution in [1.29, 1.82) is 0 Å². The topological polar surface area (TPSA) is 97.6 Å². The second-order valence-electron chi connectivity index (χ2n) is 14.5. The van der Waals surface area contributed by atoms with Crippen LogP contribution in [0, 0.1) is 5.92 Å². The fraction of sp³-hybridized carbons (Fsp3) is 0.600. The van der Waals surface area contributed by atoms with Crippen molar-refractivity contribution in [2.24, 2.45) is 5.92 Å². The molecular weight excluding hydrogens is 602 g/mol. The number of aryl methyl sites for hydroxylation is 1. The van der Waals surface area contributed by atoms with E-state index in [9.17, 15) is 4.79 Å². The second-order valence-corrected chi connectivity index (χ2v) is 14.9. The molecule has 46 heavy (non-hydrogen) atoms. The number of carbonyl (C=O) groups excluding carboxylic acids is 1. The number of nitrogens with zero attached hydrogens (tertiary/aromatic N) is 6. The average Bonchev–Trinajstić information content (AvgIpc) is 3.74. The molecule has 0 bridgehead atoms. The number of rotatable bonds is 6. The van der Waals surface area contributed by atoms with Crippen LogP contribution in [0.15, 0.2) is 24.3 Å². The molecule has 0 unspecified atom stereocenters. The molecule has 3 atom stereocenters. The van der Waals surface area contributed by atoms with Gasteiger partial charge in [0.25, 0.3) is 5.91 Å². The molecule has 244 valence electrons. The van der Waals surface area contributed by atoms with Crippen LogP contribution in [-0.2, 0) is 42.9 Å². The summed E-state index contributed by atoms with van der Waals surface area (Å²) in [5.41, 5.74) is 5.46. The molecule has 3 aromatic rings. The second kappa shape index (κ2) is 11.5. The first-order valence-corrected chi connectivity index (χ1v) is 17.4. The van der Waals surface area contributed by atoms with Crippen LogP contribution in [-0.4, -0.2) is 68.4 Å². The number of carbonyl (C=O) groups is 1. The number of fused-ring (bicyclic) bond motifs is 5. The van der Waals surface area contributed by atoms with E-state index in [-0.39, 0.29) is 17.5 Å². The number of anilines is 1. The van der Waals surface area contributed by atoms with Gasteiger partial charge in [0.1, 0.15) is 12.4 Å². The summed E-state index contributed by atoms with van der Waals surface area (Å²) in [7, 11) is 0. The molecule has 11 heteroatoms. The maximum absolute atomic E-state index is 12.8. The highest BCUT2D eigenvalue weighted by Gasteiger charge is 2.48. The molecule has 1 spiro atoms. The number of ether oxygens (including phenoxy) is 2. The van der Waals surface area contributed by atoms with Gasteiger partial charge < -0.3 is 19.7 Å². The Morgan fingerprint density at radius 3 is 2.93 bits per heavy atom. The van der Waals surface area contributed by atoms with Crippen LogP contribution >= 0.6 is 11.6 Å². The first kappa shape index (κ1) is 30.1. The molecule has 0 radical (unpaired) electrons. The summed E-state index contributed by atoms with van der Waals surface area (Å²) in [6.07, 6.45) is 6.83. The molecule has 4 aliphatic heterocycles. The zero-order chi connectivity index (χ0) is 31.6. The Kier molecular flexibility index (Phi) is 7.53. The largest absolute Gasteiger partial charge is 0.461 e. The van der Waals surface area contributed by atoms with Crippen molar-refractivity contribution in [3.05, 3.63) is 63.1 Å². The zero-order valence-electron chi connectivity index (χ0n) is 27.1. The number of amides is 1. The lowest BCUT2D eigenvalue weighted by Gasteiger charge is -2.37. The quantitative estimate of drug-likeness (QED) is 0.398. The Labute approximate surface area is 275 Å². The predicted molar refractivity (Wildman–Crippen MR) is 175 cm³/mol. The normalized spacial score (nSPS) is 27.0. The molecule has 5 aliphatic rings. The number of benzene rings is 1. The third-order valence-electron chi connectivity index (χ3n) is 10.8. The van der Waals surface area contributed by atoms with Crippen LogP contribution in [0.3, 0.4) is 0 Å². The van der Waals surface area contributed by atoms with Crippen molar-refractivity contribution in [3.63, 3.8) is 0 Å². The first-order valence-electron chi connectivity index (χ1n) is 17.0. The van der Waals surface area contributed by atoms with E-state index in [0.29, 0.717) is 43.8 Å². The maximum atomic E-state index is 12.8. The molecule has 6 heterocycles. The van der Waals surface area contributed by atoms with Gasteiger partial charge >= 0.3 is 6.01 Å². The third-order valence-corrected chi connectivity index (χ3v) is 11.2. The van der Waals surface area contributed by atoms with Crippen molar-refractivity contribution in [2.75, 3.05) is 31.1 Å². The first-order chi connectivity index (χ1) is 22.2. The van der Waals surface area contributed by atoms with Gasteiger partial charge in [-0.2, -0.15) is 15.1 Å². The highest BCUT2D eigenvalue weighted by atomic mass is 35.5. The molecule has 1 aromatic carbocycles. The monoisotopic (exact) mass is 645 g/mol. The SMILES string of the molecule is CC(C)NC(=O)c1cc2n(n1)CCCN(c1nc(OC[C@@]34CCCN3C[C@H](C)C4)nc3c1CO[C@@]1(CCc4c(Cl)cccc41)C3)C2. The third kappa shape index (κ3) is 5.17. The molecule has 10 nitrogen and oxygen atoms in total. The summed E-state index contributed by atoms with van der Waals surface area (Å²) in [5, 5.41) is 8.44. The van der Waals surface area contributed by atoms with Crippen molar-refractivity contribution < 1.29 is 14.3 Å². The summed E-state index contributed by atoms with van der Waals surface area (Å²) >= 11 is 6.64. The highest BCUT2D eigenvalue weighted by Crippen LogP contribution is 2.49. The summed E-state index contributed by atoms with van der Waals surface area (Å²) in [6.45, 7) is 11.7. The van der Waals surface area contributed by atoms with Gasteiger partial charge in [0.05, 0.1) is 35.7 Å². The van der Waals surface area contributed by atoms with Crippen LogP contribution in [0.5, 0.6) is 6.01 Å². The van der Waals surface area contributed by atoms with Crippen LogP contribution < -0.4 is 15.0 Å². The van der Waals surface area contributed by atoms with Crippen LogP contribution in [0.1, 0.15) is 91.4 Å². The van der Waals surface area contributed by atoms with Crippen molar-refractivity contribution in [3.8, 4) is 6.01 Å². The van der Waals surface area contributed by atoms with E-state index < -0.39 is 5.60 Å². The molecule has 2 aromatic heterocycles. The van der Waals surface area contributed by atoms with Gasteiger partial charge in [-0.15, -0.1) is 0 Å². The molecular formula is C35H44ClN7O3. The minimum Gasteiger partial charge on any atom is -0.461 e. The van der Waals surface area contributed by atoms with E-state index in [1.165, 1.54) is 17.5 Å². The fourth-order valence-corrected chi connectivity index (χ4v) is 9.06. The highest BCUT2D eigenvalue weighted by molar-refractivity contribution is 6.31. The Balaban J connectivity index is 1.14. The van der Waals surface area contributed by atoms with E-state index in [0.717, 1.165) is 86.1 Å². The molecule has 1 amide bonds. The molecule has 2 saturated heterocycles. The van der Waals surface area contributed by atoms with Crippen LogP contribution in [0.2, 0.25) is 5.02 Å². The number of hydrogen-bond donors (Lipinski definition) is 1. The van der Waals surface area contributed by atoms with E-state index >= 15 is 0 Å². The lowest BCUT2D eigenvalue weighted by atomic mass is 9.87. The lowest BCUT2D eigenvalue weighted by molar-refractivity contribution is -0.0730. The van der Waals surface area contributed by atoms with Crippen molar-refractivity contribution in [1.82, 2.24) is 30.0 Å². The molecule has 1 N–H and O–H groups in total. The van der Waals surface area contributed by atoms with E-state index in [4.69, 9.17) is 31.0 Å². The molecule has 0 saturated carbocycles. The van der Waals surface area contributed by atoms with Crippen LogP contribution in [0.4, 0.5) is 5.82 Å².